The monoisotopic (exact) mass is 285 g/mol. The summed E-state index contributed by atoms with van der Waals surface area (Å²) in [4.78, 5) is 11.8. The van der Waals surface area contributed by atoms with Crippen molar-refractivity contribution in [3.63, 3.8) is 0 Å². The van der Waals surface area contributed by atoms with Gasteiger partial charge >= 0.3 is 5.97 Å². The standard InChI is InChI=1S/C14H19NO3.ClH/c1-17-11-5-3-4-10(8-11)13-9-15-7-6-12(13)14(16)18-2;/h3-5,8,12-13,15H,6-7,9H2,1-2H3;1H. The lowest BCUT2D eigenvalue weighted by Crippen LogP contribution is -2.39. The number of nitrogens with one attached hydrogen (secondary N) is 1. The molecule has 1 aromatic rings. The fourth-order valence-electron chi connectivity index (χ4n) is 2.51. The van der Waals surface area contributed by atoms with Crippen molar-refractivity contribution in [3.8, 4) is 5.75 Å². The van der Waals surface area contributed by atoms with Gasteiger partial charge < -0.3 is 14.8 Å². The van der Waals surface area contributed by atoms with Crippen LogP contribution < -0.4 is 10.1 Å². The third-order valence-electron chi connectivity index (χ3n) is 3.51. The number of rotatable bonds is 3. The number of carbonyl (C=O) groups is 1. The van der Waals surface area contributed by atoms with Crippen LogP contribution in [0.2, 0.25) is 0 Å². The fourth-order valence-corrected chi connectivity index (χ4v) is 2.51. The van der Waals surface area contributed by atoms with Crippen molar-refractivity contribution >= 4 is 18.4 Å². The smallest absolute Gasteiger partial charge is 0.309 e. The van der Waals surface area contributed by atoms with Gasteiger partial charge in [-0.3, -0.25) is 4.79 Å². The zero-order chi connectivity index (χ0) is 13.0. The van der Waals surface area contributed by atoms with Crippen molar-refractivity contribution in [2.24, 2.45) is 5.92 Å². The molecule has 1 fully saturated rings. The highest BCUT2D eigenvalue weighted by atomic mass is 35.5. The highest BCUT2D eigenvalue weighted by molar-refractivity contribution is 5.85. The van der Waals surface area contributed by atoms with Gasteiger partial charge in [0, 0.05) is 12.5 Å². The predicted molar refractivity (Wildman–Crippen MR) is 76.0 cm³/mol. The summed E-state index contributed by atoms with van der Waals surface area (Å²) < 4.78 is 10.1. The number of methoxy groups -OCH3 is 2. The van der Waals surface area contributed by atoms with Gasteiger partial charge in [-0.25, -0.2) is 0 Å². The van der Waals surface area contributed by atoms with E-state index in [0.717, 1.165) is 30.8 Å². The van der Waals surface area contributed by atoms with E-state index in [-0.39, 0.29) is 30.2 Å². The first-order valence-electron chi connectivity index (χ1n) is 6.18. The molecule has 5 heteroatoms. The number of benzene rings is 1. The van der Waals surface area contributed by atoms with Crippen LogP contribution in [0.1, 0.15) is 17.9 Å². The Kier molecular flexibility index (Phi) is 6.12. The third-order valence-corrected chi connectivity index (χ3v) is 3.51. The van der Waals surface area contributed by atoms with E-state index in [1.807, 2.05) is 24.3 Å². The molecule has 2 rings (SSSR count). The van der Waals surface area contributed by atoms with E-state index >= 15 is 0 Å². The predicted octanol–water partition coefficient (Wildman–Crippen LogP) is 1.98. The Morgan fingerprint density at radius 3 is 2.84 bits per heavy atom. The van der Waals surface area contributed by atoms with Crippen molar-refractivity contribution in [1.29, 1.82) is 0 Å². The average Bonchev–Trinajstić information content (AvgIpc) is 2.46. The lowest BCUT2D eigenvalue weighted by molar-refractivity contribution is -0.147. The Labute approximate surface area is 119 Å². The molecule has 2 atom stereocenters. The van der Waals surface area contributed by atoms with Crippen molar-refractivity contribution < 1.29 is 14.3 Å². The molecule has 0 aliphatic carbocycles. The number of carbonyl (C=O) groups excluding carboxylic acids is 1. The summed E-state index contributed by atoms with van der Waals surface area (Å²) >= 11 is 0. The van der Waals surface area contributed by atoms with E-state index in [9.17, 15) is 4.79 Å². The van der Waals surface area contributed by atoms with E-state index in [1.165, 1.54) is 7.11 Å². The summed E-state index contributed by atoms with van der Waals surface area (Å²) in [6.07, 6.45) is 0.814. The lowest BCUT2D eigenvalue weighted by Gasteiger charge is -2.30. The molecule has 1 N–H and O–H groups in total. The lowest BCUT2D eigenvalue weighted by atomic mass is 9.81. The Morgan fingerprint density at radius 1 is 1.37 bits per heavy atom. The molecule has 0 aromatic heterocycles. The number of ether oxygens (including phenoxy) is 2. The Morgan fingerprint density at radius 2 is 2.16 bits per heavy atom. The second kappa shape index (κ2) is 7.36. The van der Waals surface area contributed by atoms with Crippen LogP contribution in [0.3, 0.4) is 0 Å². The van der Waals surface area contributed by atoms with Crippen molar-refractivity contribution in [1.82, 2.24) is 5.32 Å². The molecular weight excluding hydrogens is 266 g/mol. The number of esters is 1. The molecule has 0 amide bonds. The summed E-state index contributed by atoms with van der Waals surface area (Å²) in [7, 11) is 3.10. The fraction of sp³-hybridized carbons (Fsp3) is 0.500. The first-order chi connectivity index (χ1) is 8.76. The molecule has 0 radical (unpaired) electrons. The Balaban J connectivity index is 0.00000180. The summed E-state index contributed by atoms with van der Waals surface area (Å²) in [6.45, 7) is 1.66. The highest BCUT2D eigenvalue weighted by Gasteiger charge is 2.32. The first-order valence-corrected chi connectivity index (χ1v) is 6.18. The van der Waals surface area contributed by atoms with Gasteiger partial charge in [0.25, 0.3) is 0 Å². The molecule has 1 heterocycles. The number of hydrogen-bond donors (Lipinski definition) is 1. The topological polar surface area (TPSA) is 47.6 Å². The second-order valence-electron chi connectivity index (χ2n) is 4.51. The van der Waals surface area contributed by atoms with Gasteiger partial charge in [0.1, 0.15) is 5.75 Å². The van der Waals surface area contributed by atoms with Crippen LogP contribution in [0, 0.1) is 5.92 Å². The minimum Gasteiger partial charge on any atom is -0.497 e. The number of piperidine rings is 1. The SMILES string of the molecule is COC(=O)C1CCNCC1c1cccc(OC)c1.Cl. The van der Waals surface area contributed by atoms with Crippen LogP contribution in [0.25, 0.3) is 0 Å². The maximum absolute atomic E-state index is 11.8. The summed E-state index contributed by atoms with van der Waals surface area (Å²) in [6, 6.07) is 7.90. The molecule has 1 saturated heterocycles. The molecule has 0 saturated carbocycles. The molecule has 0 spiro atoms. The van der Waals surface area contributed by atoms with E-state index < -0.39 is 0 Å². The van der Waals surface area contributed by atoms with Crippen LogP contribution in [0.5, 0.6) is 5.75 Å². The second-order valence-corrected chi connectivity index (χ2v) is 4.51. The Bertz CT molecular complexity index is 425. The molecule has 4 nitrogen and oxygen atoms in total. The maximum Gasteiger partial charge on any atom is 0.309 e. The van der Waals surface area contributed by atoms with Gasteiger partial charge in [0.05, 0.1) is 20.1 Å². The minimum absolute atomic E-state index is 0. The van der Waals surface area contributed by atoms with Gasteiger partial charge in [-0.1, -0.05) is 12.1 Å². The van der Waals surface area contributed by atoms with Gasteiger partial charge in [-0.2, -0.15) is 0 Å². The highest BCUT2D eigenvalue weighted by Crippen LogP contribution is 2.31. The van der Waals surface area contributed by atoms with Crippen molar-refractivity contribution in [3.05, 3.63) is 29.8 Å². The zero-order valence-corrected chi connectivity index (χ0v) is 12.0. The number of halogens is 1. The minimum atomic E-state index is -0.121. The van der Waals surface area contributed by atoms with Crippen molar-refractivity contribution in [2.45, 2.75) is 12.3 Å². The molecule has 19 heavy (non-hydrogen) atoms. The molecule has 106 valence electrons. The van der Waals surface area contributed by atoms with Gasteiger partial charge in [0.2, 0.25) is 0 Å². The average molecular weight is 286 g/mol. The molecule has 1 aliphatic rings. The zero-order valence-electron chi connectivity index (χ0n) is 11.2. The normalized spacial score (nSPS) is 22.2. The van der Waals surface area contributed by atoms with Crippen LogP contribution in [-0.2, 0) is 9.53 Å². The van der Waals surface area contributed by atoms with Gasteiger partial charge in [0.15, 0.2) is 0 Å². The van der Waals surface area contributed by atoms with E-state index in [1.54, 1.807) is 7.11 Å². The molecule has 0 bridgehead atoms. The Hall–Kier alpha value is -1.26. The van der Waals surface area contributed by atoms with Crippen LogP contribution in [0.15, 0.2) is 24.3 Å². The largest absolute Gasteiger partial charge is 0.497 e. The summed E-state index contributed by atoms with van der Waals surface area (Å²) in [5.41, 5.74) is 1.12. The van der Waals surface area contributed by atoms with Gasteiger partial charge in [-0.05, 0) is 30.7 Å². The third kappa shape index (κ3) is 3.61. The van der Waals surface area contributed by atoms with Crippen molar-refractivity contribution in [2.75, 3.05) is 27.3 Å². The van der Waals surface area contributed by atoms with Gasteiger partial charge in [-0.15, -0.1) is 12.4 Å². The summed E-state index contributed by atoms with van der Waals surface area (Å²) in [5.74, 6) is 0.788. The van der Waals surface area contributed by atoms with E-state index in [4.69, 9.17) is 9.47 Å². The van der Waals surface area contributed by atoms with Crippen LogP contribution in [0.4, 0.5) is 0 Å². The summed E-state index contributed by atoms with van der Waals surface area (Å²) in [5, 5.41) is 3.33. The number of hydrogen-bond acceptors (Lipinski definition) is 4. The molecule has 1 aromatic carbocycles. The maximum atomic E-state index is 11.8. The molecule has 1 aliphatic heterocycles. The van der Waals surface area contributed by atoms with Crippen LogP contribution in [-0.4, -0.2) is 33.3 Å². The van der Waals surface area contributed by atoms with E-state index in [2.05, 4.69) is 5.32 Å². The van der Waals surface area contributed by atoms with Crippen LogP contribution >= 0.6 is 12.4 Å². The van der Waals surface area contributed by atoms with E-state index in [0.29, 0.717) is 0 Å². The molecule has 2 unspecified atom stereocenters. The molecular formula is C14H20ClNO3. The first kappa shape index (κ1) is 15.8. The quantitative estimate of drug-likeness (QED) is 0.863.